The monoisotopic (exact) mass is 171 g/mol. The molecule has 0 aliphatic heterocycles. The highest BCUT2D eigenvalue weighted by Gasteiger charge is 2.02. The SMILES string of the molecule is CC(/C=C\C(C)CC(C)F)=C/N. The van der Waals surface area contributed by atoms with Gasteiger partial charge in [-0.2, -0.15) is 0 Å². The summed E-state index contributed by atoms with van der Waals surface area (Å²) in [6.07, 6.45) is 5.30. The molecule has 0 aliphatic rings. The van der Waals surface area contributed by atoms with Gasteiger partial charge in [-0.25, -0.2) is 4.39 Å². The lowest BCUT2D eigenvalue weighted by atomic mass is 10.0. The molecule has 0 aromatic carbocycles. The molecule has 0 saturated heterocycles. The summed E-state index contributed by atoms with van der Waals surface area (Å²) in [5.74, 6) is 0.278. The predicted octanol–water partition coefficient (Wildman–Crippen LogP) is 2.79. The van der Waals surface area contributed by atoms with Crippen molar-refractivity contribution in [1.29, 1.82) is 0 Å². The first kappa shape index (κ1) is 11.2. The van der Waals surface area contributed by atoms with Crippen LogP contribution in [0.1, 0.15) is 27.2 Å². The van der Waals surface area contributed by atoms with Gasteiger partial charge in [-0.15, -0.1) is 0 Å². The zero-order valence-electron chi connectivity index (χ0n) is 8.05. The number of rotatable bonds is 4. The third kappa shape index (κ3) is 5.96. The Balaban J connectivity index is 3.83. The van der Waals surface area contributed by atoms with E-state index in [1.165, 1.54) is 0 Å². The van der Waals surface area contributed by atoms with E-state index in [1.807, 2.05) is 26.0 Å². The molecule has 0 fully saturated rings. The van der Waals surface area contributed by atoms with Crippen molar-refractivity contribution in [2.24, 2.45) is 11.7 Å². The first-order chi connectivity index (χ1) is 5.56. The van der Waals surface area contributed by atoms with Gasteiger partial charge in [0.15, 0.2) is 0 Å². The molecule has 2 N–H and O–H groups in total. The smallest absolute Gasteiger partial charge is 0.0979 e. The van der Waals surface area contributed by atoms with Crippen molar-refractivity contribution in [3.63, 3.8) is 0 Å². The van der Waals surface area contributed by atoms with Crippen molar-refractivity contribution < 1.29 is 4.39 Å². The molecule has 2 atom stereocenters. The molecule has 12 heavy (non-hydrogen) atoms. The van der Waals surface area contributed by atoms with Crippen molar-refractivity contribution in [2.45, 2.75) is 33.4 Å². The van der Waals surface area contributed by atoms with Crippen LogP contribution in [0.2, 0.25) is 0 Å². The number of alkyl halides is 1. The Bertz CT molecular complexity index is 171. The summed E-state index contributed by atoms with van der Waals surface area (Å²) in [7, 11) is 0. The van der Waals surface area contributed by atoms with Gasteiger partial charge in [0.2, 0.25) is 0 Å². The number of hydrogen-bond donors (Lipinski definition) is 1. The van der Waals surface area contributed by atoms with Gasteiger partial charge in [-0.3, -0.25) is 0 Å². The van der Waals surface area contributed by atoms with Crippen LogP contribution in [0.15, 0.2) is 23.9 Å². The van der Waals surface area contributed by atoms with E-state index in [0.29, 0.717) is 6.42 Å². The van der Waals surface area contributed by atoms with Crippen LogP contribution in [-0.2, 0) is 0 Å². The van der Waals surface area contributed by atoms with Crippen molar-refractivity contribution in [3.05, 3.63) is 23.9 Å². The van der Waals surface area contributed by atoms with Crippen LogP contribution in [-0.4, -0.2) is 6.17 Å². The minimum atomic E-state index is -0.730. The average molecular weight is 171 g/mol. The molecule has 0 bridgehead atoms. The van der Waals surface area contributed by atoms with Crippen LogP contribution in [0.4, 0.5) is 4.39 Å². The average Bonchev–Trinajstić information content (AvgIpc) is 1.99. The highest BCUT2D eigenvalue weighted by atomic mass is 19.1. The van der Waals surface area contributed by atoms with Gasteiger partial charge in [0, 0.05) is 0 Å². The van der Waals surface area contributed by atoms with Gasteiger partial charge in [-0.05, 0) is 38.0 Å². The summed E-state index contributed by atoms with van der Waals surface area (Å²) >= 11 is 0. The summed E-state index contributed by atoms with van der Waals surface area (Å²) in [6.45, 7) is 5.49. The minimum absolute atomic E-state index is 0.278. The van der Waals surface area contributed by atoms with Crippen LogP contribution in [0, 0.1) is 5.92 Å². The van der Waals surface area contributed by atoms with Gasteiger partial charge in [0.1, 0.15) is 0 Å². The second kappa shape index (κ2) is 5.81. The second-order valence-corrected chi connectivity index (χ2v) is 3.26. The fourth-order valence-corrected chi connectivity index (χ4v) is 0.962. The Kier molecular flexibility index (Phi) is 5.43. The Labute approximate surface area is 74.1 Å². The normalized spacial score (nSPS) is 18.2. The lowest BCUT2D eigenvalue weighted by Gasteiger charge is -2.05. The van der Waals surface area contributed by atoms with Crippen molar-refractivity contribution in [3.8, 4) is 0 Å². The van der Waals surface area contributed by atoms with E-state index >= 15 is 0 Å². The summed E-state index contributed by atoms with van der Waals surface area (Å²) in [5.41, 5.74) is 6.28. The van der Waals surface area contributed by atoms with Crippen molar-refractivity contribution in [1.82, 2.24) is 0 Å². The Morgan fingerprint density at radius 1 is 1.50 bits per heavy atom. The maximum absolute atomic E-state index is 12.5. The maximum Gasteiger partial charge on any atom is 0.0979 e. The van der Waals surface area contributed by atoms with Gasteiger partial charge in [0.05, 0.1) is 6.17 Å². The third-order valence-corrected chi connectivity index (χ3v) is 1.65. The molecule has 0 aromatic heterocycles. The Hall–Kier alpha value is -0.790. The van der Waals surface area contributed by atoms with E-state index in [9.17, 15) is 4.39 Å². The second-order valence-electron chi connectivity index (χ2n) is 3.26. The zero-order chi connectivity index (χ0) is 9.56. The molecule has 0 spiro atoms. The molecule has 0 amide bonds. The molecular weight excluding hydrogens is 153 g/mol. The standard InChI is InChI=1S/C10H18FN/c1-8(6-10(3)11)4-5-9(2)7-12/h4-5,7-8,10H,6,12H2,1-3H3/b5-4-,9-7-. The zero-order valence-corrected chi connectivity index (χ0v) is 8.05. The van der Waals surface area contributed by atoms with Crippen LogP contribution in [0.25, 0.3) is 0 Å². The van der Waals surface area contributed by atoms with Crippen LogP contribution in [0.3, 0.4) is 0 Å². The van der Waals surface area contributed by atoms with Gasteiger partial charge < -0.3 is 5.73 Å². The van der Waals surface area contributed by atoms with E-state index in [4.69, 9.17) is 5.73 Å². The molecule has 0 heterocycles. The Morgan fingerprint density at radius 2 is 2.08 bits per heavy atom. The minimum Gasteiger partial charge on any atom is -0.404 e. The molecular formula is C10H18FN. The van der Waals surface area contributed by atoms with E-state index in [1.54, 1.807) is 13.1 Å². The summed E-state index contributed by atoms with van der Waals surface area (Å²) < 4.78 is 12.5. The molecule has 0 aliphatic carbocycles. The molecule has 70 valence electrons. The van der Waals surface area contributed by atoms with E-state index < -0.39 is 6.17 Å². The number of allylic oxidation sites excluding steroid dienone is 3. The largest absolute Gasteiger partial charge is 0.404 e. The molecule has 0 aromatic rings. The molecule has 2 unspecified atom stereocenters. The van der Waals surface area contributed by atoms with Gasteiger partial charge in [-0.1, -0.05) is 19.1 Å². The maximum atomic E-state index is 12.5. The first-order valence-corrected chi connectivity index (χ1v) is 4.27. The third-order valence-electron chi connectivity index (χ3n) is 1.65. The fourth-order valence-electron chi connectivity index (χ4n) is 0.962. The quantitative estimate of drug-likeness (QED) is 0.647. The molecule has 2 heteroatoms. The molecule has 0 saturated carbocycles. The Morgan fingerprint density at radius 3 is 2.50 bits per heavy atom. The summed E-state index contributed by atoms with van der Waals surface area (Å²) in [6, 6.07) is 0. The summed E-state index contributed by atoms with van der Waals surface area (Å²) in [4.78, 5) is 0. The lowest BCUT2D eigenvalue weighted by molar-refractivity contribution is 0.317. The van der Waals surface area contributed by atoms with Crippen LogP contribution < -0.4 is 5.73 Å². The summed E-state index contributed by atoms with van der Waals surface area (Å²) in [5, 5.41) is 0. The lowest BCUT2D eigenvalue weighted by Crippen LogP contribution is -1.99. The highest BCUT2D eigenvalue weighted by molar-refractivity contribution is 5.14. The van der Waals surface area contributed by atoms with Crippen LogP contribution in [0.5, 0.6) is 0 Å². The predicted molar refractivity (Wildman–Crippen MR) is 51.4 cm³/mol. The molecule has 1 nitrogen and oxygen atoms in total. The van der Waals surface area contributed by atoms with E-state index in [2.05, 4.69) is 0 Å². The number of hydrogen-bond acceptors (Lipinski definition) is 1. The van der Waals surface area contributed by atoms with Crippen LogP contribution >= 0.6 is 0 Å². The molecule has 0 radical (unpaired) electrons. The first-order valence-electron chi connectivity index (χ1n) is 4.27. The number of nitrogens with two attached hydrogens (primary N) is 1. The highest BCUT2D eigenvalue weighted by Crippen LogP contribution is 2.10. The van der Waals surface area contributed by atoms with E-state index in [-0.39, 0.29) is 5.92 Å². The van der Waals surface area contributed by atoms with Crippen molar-refractivity contribution >= 4 is 0 Å². The van der Waals surface area contributed by atoms with Crippen molar-refractivity contribution in [2.75, 3.05) is 0 Å². The van der Waals surface area contributed by atoms with E-state index in [0.717, 1.165) is 5.57 Å². The number of halogens is 1. The molecule has 0 rings (SSSR count). The van der Waals surface area contributed by atoms with Gasteiger partial charge >= 0.3 is 0 Å². The topological polar surface area (TPSA) is 26.0 Å². The fraction of sp³-hybridized carbons (Fsp3) is 0.600. The van der Waals surface area contributed by atoms with Gasteiger partial charge in [0.25, 0.3) is 0 Å².